The highest BCUT2D eigenvalue weighted by Crippen LogP contribution is 2.07. The van der Waals surface area contributed by atoms with Crippen LogP contribution in [0.5, 0.6) is 0 Å². The smallest absolute Gasteiger partial charge is 0.0945 e. The van der Waals surface area contributed by atoms with Crippen molar-refractivity contribution in [1.29, 1.82) is 0 Å². The van der Waals surface area contributed by atoms with Crippen LogP contribution in [0.4, 0.5) is 0 Å². The Bertz CT molecular complexity index is 352. The van der Waals surface area contributed by atoms with Gasteiger partial charge < -0.3 is 9.04 Å². The lowest BCUT2D eigenvalue weighted by Gasteiger charge is -2.32. The molecule has 0 amide bonds. The summed E-state index contributed by atoms with van der Waals surface area (Å²) in [6, 6.07) is 0. The largest absolute Gasteiger partial charge is 0.748 e. The van der Waals surface area contributed by atoms with Crippen molar-refractivity contribution < 1.29 is 17.5 Å². The van der Waals surface area contributed by atoms with Gasteiger partial charge >= 0.3 is 0 Å². The molecule has 0 N–H and O–H groups in total. The first-order valence-corrected chi connectivity index (χ1v) is 11.6. The molecule has 0 saturated heterocycles. The molecule has 0 aromatic heterocycles. The molecule has 0 aromatic rings. The van der Waals surface area contributed by atoms with Gasteiger partial charge in [-0.05, 0) is 33.1 Å². The summed E-state index contributed by atoms with van der Waals surface area (Å²) in [6.45, 7) is 12.9. The molecule has 0 aliphatic carbocycles. The van der Waals surface area contributed by atoms with Crippen LogP contribution in [0.1, 0.15) is 91.9 Å². The molecule has 0 aromatic carbocycles. The van der Waals surface area contributed by atoms with E-state index in [1.807, 2.05) is 0 Å². The Labute approximate surface area is 152 Å². The summed E-state index contributed by atoms with van der Waals surface area (Å²) in [5, 5.41) is 0. The fourth-order valence-electron chi connectivity index (χ4n) is 2.52. The van der Waals surface area contributed by atoms with E-state index in [9.17, 15) is 13.0 Å². The molecular weight excluding hydrogens is 322 g/mol. The van der Waals surface area contributed by atoms with Gasteiger partial charge in [0, 0.05) is 5.75 Å². The Kier molecular flexibility index (Phi) is 17.8. The summed E-state index contributed by atoms with van der Waals surface area (Å²) in [7, 11) is -1.60. The topological polar surface area (TPSA) is 57.2 Å². The van der Waals surface area contributed by atoms with Crippen molar-refractivity contribution in [2.45, 2.75) is 91.9 Å². The summed E-state index contributed by atoms with van der Waals surface area (Å²) >= 11 is 0. The van der Waals surface area contributed by atoms with E-state index in [0.717, 1.165) is 19.3 Å². The monoisotopic (exact) mass is 365 g/mol. The first kappa shape index (κ1) is 26.1. The summed E-state index contributed by atoms with van der Waals surface area (Å²) in [4.78, 5) is 0. The lowest BCUT2D eigenvalue weighted by Crippen LogP contribution is -2.44. The summed E-state index contributed by atoms with van der Waals surface area (Å²) in [5.74, 6) is -0.195. The Morgan fingerprint density at radius 2 is 1.12 bits per heavy atom. The zero-order valence-corrected chi connectivity index (χ0v) is 17.8. The SMILES string of the molecule is CCCCCCCCS(=O)(=O)[O-].CCCCCC[N+](C)(CC)CC. The summed E-state index contributed by atoms with van der Waals surface area (Å²) in [6.07, 6.45) is 11.5. The first-order valence-electron chi connectivity index (χ1n) is 10.0. The highest BCUT2D eigenvalue weighted by molar-refractivity contribution is 7.85. The van der Waals surface area contributed by atoms with Crippen molar-refractivity contribution in [3.05, 3.63) is 0 Å². The maximum Gasteiger partial charge on any atom is 0.0945 e. The van der Waals surface area contributed by atoms with Crippen LogP contribution in [0.3, 0.4) is 0 Å². The van der Waals surface area contributed by atoms with E-state index in [1.165, 1.54) is 62.6 Å². The number of hydrogen-bond donors (Lipinski definition) is 0. The lowest BCUT2D eigenvalue weighted by atomic mass is 10.1. The van der Waals surface area contributed by atoms with E-state index < -0.39 is 10.1 Å². The van der Waals surface area contributed by atoms with Gasteiger partial charge in [-0.2, -0.15) is 0 Å². The van der Waals surface area contributed by atoms with Gasteiger partial charge in [0.15, 0.2) is 0 Å². The zero-order valence-electron chi connectivity index (χ0n) is 17.0. The minimum Gasteiger partial charge on any atom is -0.748 e. The van der Waals surface area contributed by atoms with Gasteiger partial charge in [-0.1, -0.05) is 58.8 Å². The molecule has 0 unspecified atom stereocenters. The van der Waals surface area contributed by atoms with Crippen LogP contribution in [0, 0.1) is 0 Å². The molecule has 0 aliphatic rings. The third-order valence-corrected chi connectivity index (χ3v) is 5.61. The molecular formula is C19H43NO3S. The van der Waals surface area contributed by atoms with Crippen molar-refractivity contribution in [2.24, 2.45) is 0 Å². The zero-order chi connectivity index (χ0) is 18.9. The molecule has 0 bridgehead atoms. The van der Waals surface area contributed by atoms with Crippen LogP contribution in [0.2, 0.25) is 0 Å². The third kappa shape index (κ3) is 19.9. The highest BCUT2D eigenvalue weighted by Gasteiger charge is 2.14. The van der Waals surface area contributed by atoms with Crippen molar-refractivity contribution in [3.63, 3.8) is 0 Å². The number of rotatable bonds is 14. The number of quaternary nitrogens is 1. The Balaban J connectivity index is 0. The molecule has 24 heavy (non-hydrogen) atoms. The van der Waals surface area contributed by atoms with Gasteiger partial charge in [-0.25, -0.2) is 8.42 Å². The Morgan fingerprint density at radius 3 is 1.54 bits per heavy atom. The normalized spacial score (nSPS) is 11.9. The lowest BCUT2D eigenvalue weighted by molar-refractivity contribution is -0.906. The molecule has 0 rings (SSSR count). The second kappa shape index (κ2) is 16.3. The molecule has 5 heteroatoms. The van der Waals surface area contributed by atoms with Crippen molar-refractivity contribution >= 4 is 10.1 Å². The van der Waals surface area contributed by atoms with Crippen LogP contribution >= 0.6 is 0 Å². The van der Waals surface area contributed by atoms with E-state index >= 15 is 0 Å². The summed E-state index contributed by atoms with van der Waals surface area (Å²) < 4.78 is 31.7. The van der Waals surface area contributed by atoms with E-state index in [0.29, 0.717) is 6.42 Å². The fourth-order valence-corrected chi connectivity index (χ4v) is 3.08. The minimum absolute atomic E-state index is 0.195. The first-order chi connectivity index (χ1) is 11.2. The van der Waals surface area contributed by atoms with Gasteiger partial charge in [0.05, 0.1) is 36.8 Å². The molecule has 0 heterocycles. The predicted octanol–water partition coefficient (Wildman–Crippen LogP) is 4.95. The molecule has 0 radical (unpaired) electrons. The van der Waals surface area contributed by atoms with E-state index in [-0.39, 0.29) is 5.75 Å². The van der Waals surface area contributed by atoms with Crippen LogP contribution in [0.15, 0.2) is 0 Å². The number of hydrogen-bond acceptors (Lipinski definition) is 3. The van der Waals surface area contributed by atoms with Gasteiger partial charge in [-0.15, -0.1) is 0 Å². The Morgan fingerprint density at radius 1 is 0.708 bits per heavy atom. The molecule has 0 spiro atoms. The minimum atomic E-state index is -3.97. The van der Waals surface area contributed by atoms with E-state index in [1.54, 1.807) is 0 Å². The van der Waals surface area contributed by atoms with Crippen LogP contribution in [-0.2, 0) is 10.1 Å². The Hall–Kier alpha value is -0.130. The molecule has 0 saturated carbocycles. The second-order valence-corrected chi connectivity index (χ2v) is 8.59. The molecule has 4 nitrogen and oxygen atoms in total. The maximum absolute atomic E-state index is 10.2. The molecule has 0 fully saturated rings. The molecule has 148 valence electrons. The fraction of sp³-hybridized carbons (Fsp3) is 1.00. The average Bonchev–Trinajstić information content (AvgIpc) is 2.54. The van der Waals surface area contributed by atoms with Gasteiger partial charge in [-0.3, -0.25) is 0 Å². The third-order valence-electron chi connectivity index (χ3n) is 4.83. The van der Waals surface area contributed by atoms with Gasteiger partial charge in [0.25, 0.3) is 0 Å². The van der Waals surface area contributed by atoms with Crippen LogP contribution in [-0.4, -0.2) is 49.9 Å². The predicted molar refractivity (Wildman–Crippen MR) is 104 cm³/mol. The van der Waals surface area contributed by atoms with Crippen molar-refractivity contribution in [2.75, 3.05) is 32.4 Å². The van der Waals surface area contributed by atoms with E-state index in [4.69, 9.17) is 0 Å². The van der Waals surface area contributed by atoms with Crippen molar-refractivity contribution in [1.82, 2.24) is 0 Å². The van der Waals surface area contributed by atoms with Gasteiger partial charge in [0.2, 0.25) is 0 Å². The second-order valence-electron chi connectivity index (χ2n) is 7.07. The van der Waals surface area contributed by atoms with Crippen molar-refractivity contribution in [3.8, 4) is 0 Å². The quantitative estimate of drug-likeness (QED) is 0.249. The molecule has 0 atom stereocenters. The number of nitrogens with zero attached hydrogens (tertiary/aromatic N) is 1. The average molecular weight is 366 g/mol. The van der Waals surface area contributed by atoms with Gasteiger partial charge in [0.1, 0.15) is 0 Å². The van der Waals surface area contributed by atoms with E-state index in [2.05, 4.69) is 34.7 Å². The van der Waals surface area contributed by atoms with Crippen LogP contribution in [0.25, 0.3) is 0 Å². The number of unbranched alkanes of at least 4 members (excludes halogenated alkanes) is 8. The van der Waals surface area contributed by atoms with Crippen LogP contribution < -0.4 is 0 Å². The summed E-state index contributed by atoms with van der Waals surface area (Å²) in [5.41, 5.74) is 0. The standard InChI is InChI=1S/C11H26N.C8H18O3S/c1-5-8-9-10-11-12(4,6-2)7-3;1-2-3-4-5-6-7-8-12(9,10)11/h5-11H2,1-4H3;2-8H2,1H3,(H,9,10,11)/q+1;/p-1. The molecule has 0 aliphatic heterocycles. The highest BCUT2D eigenvalue weighted by atomic mass is 32.2. The maximum atomic E-state index is 10.2.